The van der Waals surface area contributed by atoms with Crippen LogP contribution in [0.4, 0.5) is 0 Å². The number of aromatic nitrogens is 3. The number of hydrogen-bond acceptors (Lipinski definition) is 2. The predicted octanol–water partition coefficient (Wildman–Crippen LogP) is 2.74. The fraction of sp³-hybridized carbons (Fsp3) is 0.429. The SMILES string of the molecule is CCCC(=O)c1ccn(Cc2cncn2CC)c1. The molecule has 0 atom stereocenters. The minimum absolute atomic E-state index is 0.222. The van der Waals surface area contributed by atoms with Gasteiger partial charge in [0.25, 0.3) is 0 Å². The van der Waals surface area contributed by atoms with Crippen LogP contribution in [0.1, 0.15) is 42.7 Å². The summed E-state index contributed by atoms with van der Waals surface area (Å²) >= 11 is 0. The van der Waals surface area contributed by atoms with Crippen LogP contribution >= 0.6 is 0 Å². The van der Waals surface area contributed by atoms with Crippen molar-refractivity contribution in [3.8, 4) is 0 Å². The Balaban J connectivity index is 2.09. The van der Waals surface area contributed by atoms with Gasteiger partial charge >= 0.3 is 0 Å². The van der Waals surface area contributed by atoms with Crippen molar-refractivity contribution >= 4 is 5.78 Å². The zero-order valence-electron chi connectivity index (χ0n) is 11.0. The molecule has 0 radical (unpaired) electrons. The Hall–Kier alpha value is -1.84. The number of carbonyl (C=O) groups excluding carboxylic acids is 1. The Kier molecular flexibility index (Phi) is 3.97. The summed E-state index contributed by atoms with van der Waals surface area (Å²) in [4.78, 5) is 15.9. The van der Waals surface area contributed by atoms with Crippen molar-refractivity contribution in [3.05, 3.63) is 42.2 Å². The number of hydrogen-bond donors (Lipinski definition) is 0. The van der Waals surface area contributed by atoms with Crippen LogP contribution in [0.15, 0.2) is 31.0 Å². The highest BCUT2D eigenvalue weighted by Crippen LogP contribution is 2.09. The first-order valence-electron chi connectivity index (χ1n) is 6.42. The van der Waals surface area contributed by atoms with E-state index in [4.69, 9.17) is 0 Å². The molecule has 18 heavy (non-hydrogen) atoms. The highest BCUT2D eigenvalue weighted by atomic mass is 16.1. The van der Waals surface area contributed by atoms with Crippen LogP contribution in [0.5, 0.6) is 0 Å². The summed E-state index contributed by atoms with van der Waals surface area (Å²) in [5, 5.41) is 0. The predicted molar refractivity (Wildman–Crippen MR) is 70.7 cm³/mol. The molecule has 0 aliphatic heterocycles. The van der Waals surface area contributed by atoms with Gasteiger partial charge in [-0.1, -0.05) is 6.92 Å². The lowest BCUT2D eigenvalue weighted by Crippen LogP contribution is -2.04. The standard InChI is InChI=1S/C14H19N3O/c1-3-5-14(18)12-6-7-16(9-12)10-13-8-15-11-17(13)4-2/h6-9,11H,3-5,10H2,1-2H3. The van der Waals surface area contributed by atoms with E-state index >= 15 is 0 Å². The summed E-state index contributed by atoms with van der Waals surface area (Å²) in [5.41, 5.74) is 1.96. The molecule has 4 heteroatoms. The molecule has 0 saturated carbocycles. The molecule has 0 aromatic carbocycles. The lowest BCUT2D eigenvalue weighted by Gasteiger charge is -2.05. The molecule has 2 aromatic heterocycles. The van der Waals surface area contributed by atoms with Crippen molar-refractivity contribution in [1.82, 2.24) is 14.1 Å². The first-order valence-corrected chi connectivity index (χ1v) is 6.42. The zero-order chi connectivity index (χ0) is 13.0. The molecule has 0 aliphatic rings. The van der Waals surface area contributed by atoms with E-state index in [9.17, 15) is 4.79 Å². The van der Waals surface area contributed by atoms with Crippen molar-refractivity contribution in [2.45, 2.75) is 39.8 Å². The van der Waals surface area contributed by atoms with E-state index in [-0.39, 0.29) is 5.78 Å². The number of aryl methyl sites for hydroxylation is 1. The number of carbonyl (C=O) groups is 1. The average Bonchev–Trinajstić information content (AvgIpc) is 2.99. The summed E-state index contributed by atoms with van der Waals surface area (Å²) in [7, 11) is 0. The van der Waals surface area contributed by atoms with Crippen LogP contribution in [0.3, 0.4) is 0 Å². The van der Waals surface area contributed by atoms with Gasteiger partial charge in [0.05, 0.1) is 18.6 Å². The third kappa shape index (κ3) is 2.70. The molecule has 0 saturated heterocycles. The normalized spacial score (nSPS) is 10.8. The smallest absolute Gasteiger partial charge is 0.164 e. The summed E-state index contributed by atoms with van der Waals surface area (Å²) in [6.45, 7) is 5.79. The Bertz CT molecular complexity index is 525. The topological polar surface area (TPSA) is 39.8 Å². The maximum absolute atomic E-state index is 11.8. The van der Waals surface area contributed by atoms with Gasteiger partial charge in [0, 0.05) is 37.1 Å². The highest BCUT2D eigenvalue weighted by molar-refractivity contribution is 5.95. The molecule has 0 unspecified atom stereocenters. The molecule has 2 heterocycles. The molecule has 0 fully saturated rings. The molecule has 0 N–H and O–H groups in total. The number of imidazole rings is 1. The minimum Gasteiger partial charge on any atom is -0.348 e. The van der Waals surface area contributed by atoms with Crippen LogP contribution in [0.2, 0.25) is 0 Å². The van der Waals surface area contributed by atoms with E-state index in [1.54, 1.807) is 0 Å². The summed E-state index contributed by atoms with van der Waals surface area (Å²) in [6.07, 6.45) is 9.10. The second-order valence-corrected chi connectivity index (χ2v) is 4.42. The van der Waals surface area contributed by atoms with Crippen LogP contribution in [0.25, 0.3) is 0 Å². The third-order valence-electron chi connectivity index (χ3n) is 3.03. The van der Waals surface area contributed by atoms with Gasteiger partial charge in [-0.3, -0.25) is 4.79 Å². The highest BCUT2D eigenvalue weighted by Gasteiger charge is 2.07. The fourth-order valence-electron chi connectivity index (χ4n) is 2.03. The Labute approximate surface area is 107 Å². The average molecular weight is 245 g/mol. The van der Waals surface area contributed by atoms with Gasteiger partial charge in [0.15, 0.2) is 5.78 Å². The molecular formula is C14H19N3O. The Morgan fingerprint density at radius 1 is 1.39 bits per heavy atom. The molecular weight excluding hydrogens is 226 g/mol. The largest absolute Gasteiger partial charge is 0.348 e. The summed E-state index contributed by atoms with van der Waals surface area (Å²) < 4.78 is 4.14. The second-order valence-electron chi connectivity index (χ2n) is 4.42. The van der Waals surface area contributed by atoms with Crippen molar-refractivity contribution in [1.29, 1.82) is 0 Å². The Morgan fingerprint density at radius 2 is 2.22 bits per heavy atom. The molecule has 4 nitrogen and oxygen atoms in total. The van der Waals surface area contributed by atoms with E-state index in [0.717, 1.165) is 30.8 Å². The van der Waals surface area contributed by atoms with Crippen LogP contribution in [-0.4, -0.2) is 19.9 Å². The maximum atomic E-state index is 11.8. The van der Waals surface area contributed by atoms with Crippen molar-refractivity contribution in [2.75, 3.05) is 0 Å². The van der Waals surface area contributed by atoms with E-state index in [1.165, 1.54) is 0 Å². The van der Waals surface area contributed by atoms with Gasteiger partial charge in [0.1, 0.15) is 0 Å². The second kappa shape index (κ2) is 5.67. The van der Waals surface area contributed by atoms with Crippen molar-refractivity contribution in [2.24, 2.45) is 0 Å². The van der Waals surface area contributed by atoms with Gasteiger partial charge < -0.3 is 9.13 Å². The number of rotatable bonds is 6. The molecule has 0 spiro atoms. The number of nitrogens with zero attached hydrogens (tertiary/aromatic N) is 3. The van der Waals surface area contributed by atoms with E-state index in [1.807, 2.05) is 42.5 Å². The van der Waals surface area contributed by atoms with Crippen LogP contribution < -0.4 is 0 Å². The quantitative estimate of drug-likeness (QED) is 0.734. The molecule has 2 rings (SSSR count). The lowest BCUT2D eigenvalue weighted by atomic mass is 10.1. The van der Waals surface area contributed by atoms with Crippen molar-refractivity contribution in [3.63, 3.8) is 0 Å². The van der Waals surface area contributed by atoms with Gasteiger partial charge in [0.2, 0.25) is 0 Å². The summed E-state index contributed by atoms with van der Waals surface area (Å²) in [6, 6.07) is 1.89. The molecule has 0 bridgehead atoms. The summed E-state index contributed by atoms with van der Waals surface area (Å²) in [5.74, 6) is 0.222. The number of Topliss-reactive ketones (excluding diaryl/α,β-unsaturated/α-hetero) is 1. The maximum Gasteiger partial charge on any atom is 0.164 e. The van der Waals surface area contributed by atoms with Gasteiger partial charge in [-0.25, -0.2) is 4.98 Å². The van der Waals surface area contributed by atoms with Crippen LogP contribution in [0, 0.1) is 0 Å². The first kappa shape index (κ1) is 12.6. The van der Waals surface area contributed by atoms with Crippen LogP contribution in [-0.2, 0) is 13.1 Å². The van der Waals surface area contributed by atoms with E-state index in [0.29, 0.717) is 6.42 Å². The third-order valence-corrected chi connectivity index (χ3v) is 3.03. The van der Waals surface area contributed by atoms with Gasteiger partial charge in [-0.15, -0.1) is 0 Å². The minimum atomic E-state index is 0.222. The lowest BCUT2D eigenvalue weighted by molar-refractivity contribution is 0.0981. The number of ketones is 1. The first-order chi connectivity index (χ1) is 8.74. The monoisotopic (exact) mass is 245 g/mol. The zero-order valence-corrected chi connectivity index (χ0v) is 11.0. The van der Waals surface area contributed by atoms with Gasteiger partial charge in [-0.05, 0) is 19.4 Å². The van der Waals surface area contributed by atoms with Crippen molar-refractivity contribution < 1.29 is 4.79 Å². The molecule has 0 aliphatic carbocycles. The van der Waals surface area contributed by atoms with Gasteiger partial charge in [-0.2, -0.15) is 0 Å². The molecule has 0 amide bonds. The molecule has 96 valence electrons. The Morgan fingerprint density at radius 3 is 2.94 bits per heavy atom. The molecule has 2 aromatic rings. The van der Waals surface area contributed by atoms with E-state index in [2.05, 4.69) is 16.5 Å². The van der Waals surface area contributed by atoms with E-state index < -0.39 is 0 Å². The fourth-order valence-corrected chi connectivity index (χ4v) is 2.03.